The quantitative estimate of drug-likeness (QED) is 0.735. The van der Waals surface area contributed by atoms with Gasteiger partial charge in [0.2, 0.25) is 5.91 Å². The molecule has 2 aromatic carbocycles. The van der Waals surface area contributed by atoms with Crippen molar-refractivity contribution in [3.05, 3.63) is 59.4 Å². The number of ether oxygens (including phenoxy) is 1. The first-order valence-corrected chi connectivity index (χ1v) is 9.42. The second-order valence-corrected chi connectivity index (χ2v) is 7.73. The van der Waals surface area contributed by atoms with Crippen LogP contribution in [-0.2, 0) is 14.6 Å². The van der Waals surface area contributed by atoms with Crippen LogP contribution in [0.2, 0.25) is 5.02 Å². The van der Waals surface area contributed by atoms with E-state index in [1.165, 1.54) is 48.3 Å². The summed E-state index contributed by atoms with van der Waals surface area (Å²) in [6.07, 6.45) is 0. The maximum Gasteiger partial charge on any atom is 0.238 e. The van der Waals surface area contributed by atoms with Crippen LogP contribution in [-0.4, -0.2) is 45.2 Å². The summed E-state index contributed by atoms with van der Waals surface area (Å²) < 4.78 is 43.1. The minimum atomic E-state index is -3.76. The maximum absolute atomic E-state index is 13.4. The van der Waals surface area contributed by atoms with Crippen LogP contribution in [0, 0.1) is 5.82 Å². The van der Waals surface area contributed by atoms with E-state index < -0.39 is 27.3 Å². The molecule has 2 rings (SSSR count). The van der Waals surface area contributed by atoms with E-state index in [1.54, 1.807) is 12.1 Å². The number of amides is 1. The Bertz CT molecular complexity index is 840. The van der Waals surface area contributed by atoms with Crippen molar-refractivity contribution in [2.45, 2.75) is 4.90 Å². The standard InChI is InChI=1S/C17H17ClFNO4S/c1-20(10-11-24-16-5-3-2-4-15(16)19)17(21)12-25(22,23)14-8-6-13(18)7-9-14/h2-9H,10-12H2,1H3. The number of para-hydroxylation sites is 1. The van der Waals surface area contributed by atoms with E-state index in [0.717, 1.165) is 0 Å². The van der Waals surface area contributed by atoms with Crippen LogP contribution in [0.5, 0.6) is 5.75 Å². The molecule has 2 aromatic rings. The molecule has 134 valence electrons. The van der Waals surface area contributed by atoms with Crippen LogP contribution < -0.4 is 4.74 Å². The summed E-state index contributed by atoms with van der Waals surface area (Å²) >= 11 is 5.73. The molecular weight excluding hydrogens is 369 g/mol. The third-order valence-corrected chi connectivity index (χ3v) is 5.30. The molecule has 0 aliphatic rings. The summed E-state index contributed by atoms with van der Waals surface area (Å²) in [5.74, 6) is -1.66. The Morgan fingerprint density at radius 2 is 1.80 bits per heavy atom. The van der Waals surface area contributed by atoms with E-state index in [9.17, 15) is 17.6 Å². The van der Waals surface area contributed by atoms with Gasteiger partial charge in [-0.2, -0.15) is 0 Å². The number of benzene rings is 2. The van der Waals surface area contributed by atoms with Crippen LogP contribution in [0.3, 0.4) is 0 Å². The van der Waals surface area contributed by atoms with Gasteiger partial charge < -0.3 is 9.64 Å². The number of hydrogen-bond donors (Lipinski definition) is 0. The first kappa shape index (κ1) is 19.2. The fourth-order valence-corrected chi connectivity index (χ4v) is 3.37. The average molecular weight is 386 g/mol. The number of rotatable bonds is 7. The minimum Gasteiger partial charge on any atom is -0.489 e. The lowest BCUT2D eigenvalue weighted by atomic mass is 10.3. The molecule has 0 aliphatic heterocycles. The monoisotopic (exact) mass is 385 g/mol. The van der Waals surface area contributed by atoms with Gasteiger partial charge in [0.15, 0.2) is 21.4 Å². The van der Waals surface area contributed by atoms with Gasteiger partial charge in [-0.25, -0.2) is 12.8 Å². The van der Waals surface area contributed by atoms with Crippen LogP contribution in [0.1, 0.15) is 0 Å². The topological polar surface area (TPSA) is 63.7 Å². The zero-order valence-corrected chi connectivity index (χ0v) is 15.1. The smallest absolute Gasteiger partial charge is 0.238 e. The Morgan fingerprint density at radius 3 is 2.44 bits per heavy atom. The Hall–Kier alpha value is -2.12. The van der Waals surface area contributed by atoms with E-state index in [1.807, 2.05) is 0 Å². The second-order valence-electron chi connectivity index (χ2n) is 5.31. The third kappa shape index (κ3) is 5.44. The number of carbonyl (C=O) groups is 1. The molecule has 0 saturated carbocycles. The van der Waals surface area contributed by atoms with Gasteiger partial charge in [0.25, 0.3) is 0 Å². The molecule has 1 amide bonds. The van der Waals surface area contributed by atoms with Crippen LogP contribution >= 0.6 is 11.6 Å². The van der Waals surface area contributed by atoms with E-state index in [4.69, 9.17) is 16.3 Å². The van der Waals surface area contributed by atoms with Crippen molar-refractivity contribution >= 4 is 27.3 Å². The summed E-state index contributed by atoms with van der Waals surface area (Å²) in [4.78, 5) is 13.4. The van der Waals surface area contributed by atoms with Gasteiger partial charge >= 0.3 is 0 Å². The lowest BCUT2D eigenvalue weighted by Crippen LogP contribution is -2.35. The molecule has 0 N–H and O–H groups in total. The number of sulfone groups is 1. The number of carbonyl (C=O) groups excluding carboxylic acids is 1. The van der Waals surface area contributed by atoms with E-state index in [-0.39, 0.29) is 23.8 Å². The van der Waals surface area contributed by atoms with Crippen molar-refractivity contribution in [2.75, 3.05) is 26.0 Å². The predicted molar refractivity (Wildman–Crippen MR) is 93.0 cm³/mol. The minimum absolute atomic E-state index is 0.0289. The second kappa shape index (κ2) is 8.31. The van der Waals surface area contributed by atoms with Crippen LogP contribution in [0.25, 0.3) is 0 Å². The van der Waals surface area contributed by atoms with Crippen molar-refractivity contribution in [2.24, 2.45) is 0 Å². The average Bonchev–Trinajstić information content (AvgIpc) is 2.56. The molecule has 0 saturated heterocycles. The highest BCUT2D eigenvalue weighted by atomic mass is 35.5. The van der Waals surface area contributed by atoms with Crippen molar-refractivity contribution in [1.29, 1.82) is 0 Å². The Kier molecular flexibility index (Phi) is 6.39. The lowest BCUT2D eigenvalue weighted by Gasteiger charge is -2.17. The van der Waals surface area contributed by atoms with Gasteiger partial charge in [-0.3, -0.25) is 4.79 Å². The summed E-state index contributed by atoms with van der Waals surface area (Å²) in [5.41, 5.74) is 0. The fraction of sp³-hybridized carbons (Fsp3) is 0.235. The first-order chi connectivity index (χ1) is 11.8. The molecule has 0 fully saturated rings. The molecule has 5 nitrogen and oxygen atoms in total. The van der Waals surface area contributed by atoms with E-state index >= 15 is 0 Å². The molecule has 25 heavy (non-hydrogen) atoms. The molecule has 0 spiro atoms. The number of likely N-dealkylation sites (N-methyl/N-ethyl adjacent to an activating group) is 1. The van der Waals surface area contributed by atoms with Crippen molar-refractivity contribution in [3.63, 3.8) is 0 Å². The first-order valence-electron chi connectivity index (χ1n) is 7.39. The molecule has 8 heteroatoms. The lowest BCUT2D eigenvalue weighted by molar-refractivity contribution is -0.127. The molecule has 0 bridgehead atoms. The molecule has 0 heterocycles. The fourth-order valence-electron chi connectivity index (χ4n) is 1.98. The van der Waals surface area contributed by atoms with E-state index in [0.29, 0.717) is 5.02 Å². The Morgan fingerprint density at radius 1 is 1.16 bits per heavy atom. The molecule has 0 unspecified atom stereocenters. The SMILES string of the molecule is CN(CCOc1ccccc1F)C(=O)CS(=O)(=O)c1ccc(Cl)cc1. The highest BCUT2D eigenvalue weighted by Crippen LogP contribution is 2.16. The number of hydrogen-bond acceptors (Lipinski definition) is 4. The number of halogens is 2. The molecule has 0 aliphatic carbocycles. The Labute approximate surface area is 150 Å². The third-order valence-electron chi connectivity index (χ3n) is 3.43. The highest BCUT2D eigenvalue weighted by Gasteiger charge is 2.21. The van der Waals surface area contributed by atoms with Crippen molar-refractivity contribution in [1.82, 2.24) is 4.90 Å². The zero-order chi connectivity index (χ0) is 18.4. The largest absolute Gasteiger partial charge is 0.489 e. The van der Waals surface area contributed by atoms with Gasteiger partial charge in [-0.05, 0) is 36.4 Å². The molecule has 0 aromatic heterocycles. The van der Waals surface area contributed by atoms with Gasteiger partial charge in [-0.15, -0.1) is 0 Å². The molecule has 0 radical (unpaired) electrons. The van der Waals surface area contributed by atoms with Gasteiger partial charge in [0.05, 0.1) is 11.4 Å². The summed E-state index contributed by atoms with van der Waals surface area (Å²) in [7, 11) is -2.29. The normalized spacial score (nSPS) is 11.2. The Balaban J connectivity index is 1.89. The van der Waals surface area contributed by atoms with Crippen molar-refractivity contribution < 1.29 is 22.3 Å². The van der Waals surface area contributed by atoms with Crippen LogP contribution in [0.4, 0.5) is 4.39 Å². The highest BCUT2D eigenvalue weighted by molar-refractivity contribution is 7.92. The van der Waals surface area contributed by atoms with E-state index in [2.05, 4.69) is 0 Å². The van der Waals surface area contributed by atoms with Crippen LogP contribution in [0.15, 0.2) is 53.4 Å². The van der Waals surface area contributed by atoms with Gasteiger partial charge in [-0.1, -0.05) is 23.7 Å². The predicted octanol–water partition coefficient (Wildman–Crippen LogP) is 2.79. The molecule has 0 atom stereocenters. The number of nitrogens with zero attached hydrogens (tertiary/aromatic N) is 1. The summed E-state index contributed by atoms with van der Waals surface area (Å²) in [6, 6.07) is 11.5. The molecular formula is C17H17ClFNO4S. The van der Waals surface area contributed by atoms with Crippen molar-refractivity contribution in [3.8, 4) is 5.75 Å². The van der Waals surface area contributed by atoms with Gasteiger partial charge in [0.1, 0.15) is 12.4 Å². The zero-order valence-electron chi connectivity index (χ0n) is 13.5. The summed E-state index contributed by atoms with van der Waals surface area (Å²) in [6.45, 7) is 0.174. The summed E-state index contributed by atoms with van der Waals surface area (Å²) in [5, 5.41) is 0.410. The van der Waals surface area contributed by atoms with Gasteiger partial charge in [0, 0.05) is 12.1 Å². The maximum atomic E-state index is 13.4.